The molecule has 1 aromatic rings. The topological polar surface area (TPSA) is 46.3 Å². The number of hydrogen-bond donors (Lipinski definition) is 1. The zero-order valence-corrected chi connectivity index (χ0v) is 13.6. The fraction of sp³-hybridized carbons (Fsp3) is 0.562. The van der Waals surface area contributed by atoms with Gasteiger partial charge in [0.25, 0.3) is 0 Å². The molecule has 1 aromatic carbocycles. The van der Waals surface area contributed by atoms with Crippen LogP contribution in [0.5, 0.6) is 0 Å². The fourth-order valence-electron chi connectivity index (χ4n) is 1.83. The number of carbonyl (C=O) groups is 1. The number of hydrogen-bond acceptors (Lipinski definition) is 3. The quantitative estimate of drug-likeness (QED) is 0.613. The van der Waals surface area contributed by atoms with E-state index in [-0.39, 0.29) is 6.54 Å². The van der Waals surface area contributed by atoms with Crippen molar-refractivity contribution >= 4 is 23.6 Å². The van der Waals surface area contributed by atoms with E-state index in [4.69, 9.17) is 16.4 Å². The molecular formula is C16H27ClN2O. The number of anilines is 1. The van der Waals surface area contributed by atoms with Crippen LogP contribution in [0.1, 0.15) is 39.5 Å². The van der Waals surface area contributed by atoms with Gasteiger partial charge in [-0.3, -0.25) is 0 Å². The van der Waals surface area contributed by atoms with Crippen molar-refractivity contribution in [3.63, 3.8) is 0 Å². The summed E-state index contributed by atoms with van der Waals surface area (Å²) in [6.07, 6.45) is 5.82. The summed E-state index contributed by atoms with van der Waals surface area (Å²) in [6.45, 7) is 4.65. The van der Waals surface area contributed by atoms with Gasteiger partial charge in [0, 0.05) is 30.3 Å². The number of rotatable bonds is 7. The van der Waals surface area contributed by atoms with E-state index in [0.29, 0.717) is 12.3 Å². The lowest BCUT2D eigenvalue weighted by Crippen LogP contribution is -2.28. The molecule has 1 atom stereocenters. The zero-order valence-electron chi connectivity index (χ0n) is 12.8. The Hall–Kier alpha value is -1.06. The Balaban J connectivity index is 0.000000796. The first-order valence-corrected chi connectivity index (χ1v) is 7.56. The highest BCUT2D eigenvalue weighted by Gasteiger charge is 2.09. The van der Waals surface area contributed by atoms with Crippen molar-refractivity contribution in [2.45, 2.75) is 45.6 Å². The van der Waals surface area contributed by atoms with Crippen LogP contribution in [0.25, 0.3) is 0 Å². The number of aldehydes is 1. The molecule has 1 unspecified atom stereocenters. The van der Waals surface area contributed by atoms with Crippen LogP contribution in [0, 0.1) is 0 Å². The number of nitrogens with two attached hydrogens (primary N) is 1. The van der Waals surface area contributed by atoms with Gasteiger partial charge >= 0.3 is 0 Å². The van der Waals surface area contributed by atoms with Crippen molar-refractivity contribution in [3.8, 4) is 0 Å². The van der Waals surface area contributed by atoms with Gasteiger partial charge in [-0.1, -0.05) is 43.9 Å². The molecule has 0 saturated heterocycles. The van der Waals surface area contributed by atoms with E-state index in [0.717, 1.165) is 5.02 Å². The summed E-state index contributed by atoms with van der Waals surface area (Å²) in [5, 5.41) is 0.810. The van der Waals surface area contributed by atoms with Gasteiger partial charge in [0.2, 0.25) is 0 Å². The minimum atomic E-state index is 0.139. The van der Waals surface area contributed by atoms with Gasteiger partial charge in [0.15, 0.2) is 0 Å². The van der Waals surface area contributed by atoms with E-state index in [1.54, 1.807) is 0 Å². The molecule has 0 spiro atoms. The summed E-state index contributed by atoms with van der Waals surface area (Å²) in [5.41, 5.74) is 5.86. The number of benzene rings is 1. The molecule has 2 N–H and O–H groups in total. The molecule has 0 saturated carbocycles. The van der Waals surface area contributed by atoms with Crippen LogP contribution in [0.3, 0.4) is 0 Å². The fourth-order valence-corrected chi connectivity index (χ4v) is 2.02. The predicted molar refractivity (Wildman–Crippen MR) is 88.6 cm³/mol. The largest absolute Gasteiger partial charge is 0.372 e. The molecule has 3 nitrogen and oxygen atoms in total. The van der Waals surface area contributed by atoms with Crippen molar-refractivity contribution in [2.24, 2.45) is 5.73 Å². The molecule has 0 bridgehead atoms. The van der Waals surface area contributed by atoms with Crippen LogP contribution < -0.4 is 10.6 Å². The number of halogens is 1. The summed E-state index contributed by atoms with van der Waals surface area (Å²) in [5.74, 6) is 0. The van der Waals surface area contributed by atoms with Crippen molar-refractivity contribution in [1.82, 2.24) is 0 Å². The van der Waals surface area contributed by atoms with Gasteiger partial charge in [-0.2, -0.15) is 0 Å². The molecule has 0 aliphatic carbocycles. The van der Waals surface area contributed by atoms with Crippen LogP contribution >= 0.6 is 11.6 Å². The van der Waals surface area contributed by atoms with E-state index in [9.17, 15) is 0 Å². The van der Waals surface area contributed by atoms with E-state index in [2.05, 4.69) is 37.6 Å². The predicted octanol–water partition coefficient (Wildman–Crippen LogP) is 3.89. The van der Waals surface area contributed by atoms with Crippen molar-refractivity contribution in [2.75, 3.05) is 18.5 Å². The molecular weight excluding hydrogens is 272 g/mol. The van der Waals surface area contributed by atoms with Crippen molar-refractivity contribution in [3.05, 3.63) is 29.3 Å². The Morgan fingerprint density at radius 1 is 1.40 bits per heavy atom. The highest BCUT2D eigenvalue weighted by atomic mass is 35.5. The van der Waals surface area contributed by atoms with Gasteiger partial charge in [0.05, 0.1) is 0 Å². The molecule has 114 valence electrons. The van der Waals surface area contributed by atoms with Gasteiger partial charge in [-0.25, -0.2) is 0 Å². The van der Waals surface area contributed by atoms with E-state index >= 15 is 0 Å². The normalized spacial score (nSPS) is 11.2. The van der Waals surface area contributed by atoms with Gasteiger partial charge in [-0.05, 0) is 31.5 Å². The molecule has 0 radical (unpaired) electrons. The second-order valence-electron chi connectivity index (χ2n) is 4.84. The summed E-state index contributed by atoms with van der Waals surface area (Å²) in [7, 11) is 2.14. The van der Waals surface area contributed by atoms with Crippen LogP contribution in [0.2, 0.25) is 5.02 Å². The van der Waals surface area contributed by atoms with Crippen LogP contribution in [0.15, 0.2) is 24.3 Å². The first-order chi connectivity index (χ1) is 9.56. The smallest absolute Gasteiger partial charge is 0.133 e. The Labute approximate surface area is 128 Å². The lowest BCUT2D eigenvalue weighted by Gasteiger charge is -2.27. The highest BCUT2D eigenvalue weighted by molar-refractivity contribution is 6.30. The van der Waals surface area contributed by atoms with E-state index in [1.807, 2.05) is 18.2 Å². The SMILES string of the molecule is CCCCCC(C)N(C)c1cccc(Cl)c1.NCC=O. The molecule has 4 heteroatoms. The standard InChI is InChI=1S/C14H22ClN.C2H5NO/c1-4-5-6-8-12(2)16(3)14-10-7-9-13(15)11-14;3-1-2-4/h7,9-12H,4-6,8H2,1-3H3;2H,1,3H2. The lowest BCUT2D eigenvalue weighted by atomic mass is 10.1. The molecule has 0 aromatic heterocycles. The summed E-state index contributed by atoms with van der Waals surface area (Å²) in [4.78, 5) is 11.4. The average molecular weight is 299 g/mol. The van der Waals surface area contributed by atoms with Gasteiger partial charge in [0.1, 0.15) is 6.29 Å². The zero-order chi connectivity index (χ0) is 15.4. The molecule has 20 heavy (non-hydrogen) atoms. The number of carbonyl (C=O) groups excluding carboxylic acids is 1. The van der Waals surface area contributed by atoms with E-state index < -0.39 is 0 Å². The first-order valence-electron chi connectivity index (χ1n) is 7.18. The number of nitrogens with zero attached hydrogens (tertiary/aromatic N) is 1. The molecule has 0 aliphatic heterocycles. The lowest BCUT2D eigenvalue weighted by molar-refractivity contribution is -0.106. The monoisotopic (exact) mass is 298 g/mol. The third-order valence-electron chi connectivity index (χ3n) is 3.20. The maximum absolute atomic E-state index is 9.05. The number of unbranched alkanes of at least 4 members (excludes halogenated alkanes) is 2. The minimum Gasteiger partial charge on any atom is -0.372 e. The van der Waals surface area contributed by atoms with E-state index in [1.165, 1.54) is 31.4 Å². The van der Waals surface area contributed by atoms with Crippen LogP contribution in [-0.2, 0) is 4.79 Å². The molecule has 0 fully saturated rings. The maximum atomic E-state index is 9.05. The molecule has 1 rings (SSSR count). The second-order valence-corrected chi connectivity index (χ2v) is 5.27. The third-order valence-corrected chi connectivity index (χ3v) is 3.43. The Morgan fingerprint density at radius 3 is 2.55 bits per heavy atom. The Kier molecular flexibility index (Phi) is 11.1. The molecule has 0 heterocycles. The van der Waals surface area contributed by atoms with Crippen molar-refractivity contribution < 1.29 is 4.79 Å². The highest BCUT2D eigenvalue weighted by Crippen LogP contribution is 2.21. The maximum Gasteiger partial charge on any atom is 0.133 e. The molecule has 0 aliphatic rings. The summed E-state index contributed by atoms with van der Waals surface area (Å²) in [6, 6.07) is 8.64. The third kappa shape index (κ3) is 8.18. The van der Waals surface area contributed by atoms with Gasteiger partial charge in [-0.15, -0.1) is 0 Å². The van der Waals surface area contributed by atoms with Crippen LogP contribution in [0.4, 0.5) is 5.69 Å². The minimum absolute atomic E-state index is 0.139. The average Bonchev–Trinajstić information content (AvgIpc) is 2.47. The summed E-state index contributed by atoms with van der Waals surface area (Å²) >= 11 is 5.99. The Morgan fingerprint density at radius 2 is 2.05 bits per heavy atom. The van der Waals surface area contributed by atoms with Gasteiger partial charge < -0.3 is 15.4 Å². The molecule has 0 amide bonds. The second kappa shape index (κ2) is 11.7. The Bertz CT molecular complexity index is 371. The summed E-state index contributed by atoms with van der Waals surface area (Å²) < 4.78 is 0. The van der Waals surface area contributed by atoms with Crippen LogP contribution in [-0.4, -0.2) is 25.9 Å². The first kappa shape index (κ1) is 18.9. The van der Waals surface area contributed by atoms with Crippen molar-refractivity contribution in [1.29, 1.82) is 0 Å².